The van der Waals surface area contributed by atoms with Gasteiger partial charge in [-0.1, -0.05) is 36.4 Å². The number of aromatic nitrogens is 1. The number of nitrogens with one attached hydrogen (secondary N) is 1. The summed E-state index contributed by atoms with van der Waals surface area (Å²) in [5.74, 6) is -0.394. The number of benzene rings is 2. The van der Waals surface area contributed by atoms with Crippen molar-refractivity contribution >= 4 is 11.6 Å². The fourth-order valence-electron chi connectivity index (χ4n) is 2.73. The van der Waals surface area contributed by atoms with Gasteiger partial charge in [0, 0.05) is 11.9 Å². The number of rotatable bonds is 4. The van der Waals surface area contributed by atoms with Crippen molar-refractivity contribution in [2.45, 2.75) is 20.4 Å². The molecule has 2 aromatic carbocycles. The zero-order valence-corrected chi connectivity index (χ0v) is 14.3. The van der Waals surface area contributed by atoms with Gasteiger partial charge >= 0.3 is 0 Å². The van der Waals surface area contributed by atoms with Crippen LogP contribution in [0.2, 0.25) is 0 Å². The summed E-state index contributed by atoms with van der Waals surface area (Å²) in [4.78, 5) is 25.2. The Morgan fingerprint density at radius 3 is 2.56 bits per heavy atom. The molecule has 1 N–H and O–H groups in total. The molecule has 0 aliphatic rings. The van der Waals surface area contributed by atoms with Crippen molar-refractivity contribution in [1.82, 2.24) is 4.57 Å². The van der Waals surface area contributed by atoms with Crippen LogP contribution in [0, 0.1) is 13.8 Å². The second-order valence-electron chi connectivity index (χ2n) is 6.11. The second-order valence-corrected chi connectivity index (χ2v) is 6.11. The average Bonchev–Trinajstić information content (AvgIpc) is 2.58. The molecule has 1 aromatic heterocycles. The molecule has 0 radical (unpaired) electrons. The van der Waals surface area contributed by atoms with Crippen LogP contribution in [0.25, 0.3) is 0 Å². The lowest BCUT2D eigenvalue weighted by molar-refractivity contribution is 0.102. The highest BCUT2D eigenvalue weighted by atomic mass is 16.2. The molecule has 1 amide bonds. The van der Waals surface area contributed by atoms with Gasteiger partial charge in [0.25, 0.3) is 11.5 Å². The van der Waals surface area contributed by atoms with Crippen molar-refractivity contribution in [1.29, 1.82) is 0 Å². The summed E-state index contributed by atoms with van der Waals surface area (Å²) in [5.41, 5.74) is 3.74. The van der Waals surface area contributed by atoms with Gasteiger partial charge in [0.15, 0.2) is 0 Å². The van der Waals surface area contributed by atoms with Gasteiger partial charge in [-0.05, 0) is 54.8 Å². The Bertz CT molecular complexity index is 973. The van der Waals surface area contributed by atoms with E-state index in [1.54, 1.807) is 29.0 Å². The molecular weight excluding hydrogens is 312 g/mol. The Morgan fingerprint density at radius 2 is 1.80 bits per heavy atom. The summed E-state index contributed by atoms with van der Waals surface area (Å²) < 4.78 is 1.56. The monoisotopic (exact) mass is 332 g/mol. The minimum atomic E-state index is -0.394. The van der Waals surface area contributed by atoms with Crippen LogP contribution in [0.5, 0.6) is 0 Å². The first-order chi connectivity index (χ1) is 12.0. The molecule has 4 nitrogen and oxygen atoms in total. The molecule has 0 aliphatic heterocycles. The highest BCUT2D eigenvalue weighted by Crippen LogP contribution is 2.11. The van der Waals surface area contributed by atoms with Crippen LogP contribution in [-0.4, -0.2) is 10.5 Å². The maximum atomic E-state index is 12.7. The van der Waals surface area contributed by atoms with E-state index in [4.69, 9.17) is 0 Å². The van der Waals surface area contributed by atoms with Crippen LogP contribution in [0.4, 0.5) is 5.69 Å². The lowest BCUT2D eigenvalue weighted by Gasteiger charge is -2.11. The number of carbonyl (C=O) groups is 1. The summed E-state index contributed by atoms with van der Waals surface area (Å²) in [7, 11) is 0. The fourth-order valence-corrected chi connectivity index (χ4v) is 2.73. The zero-order chi connectivity index (χ0) is 17.8. The third-order valence-electron chi connectivity index (χ3n) is 4.14. The highest BCUT2D eigenvalue weighted by Gasteiger charge is 2.13. The molecule has 3 aromatic rings. The topological polar surface area (TPSA) is 51.1 Å². The van der Waals surface area contributed by atoms with Gasteiger partial charge in [-0.2, -0.15) is 0 Å². The number of anilines is 1. The lowest BCUT2D eigenvalue weighted by Crippen LogP contribution is -2.29. The SMILES string of the molecule is Cc1cccc(NC(=O)c2cccn(Cc3ccccc3C)c2=O)c1. The summed E-state index contributed by atoms with van der Waals surface area (Å²) in [5, 5.41) is 2.79. The van der Waals surface area contributed by atoms with E-state index in [1.165, 1.54) is 0 Å². The Morgan fingerprint density at radius 1 is 1.00 bits per heavy atom. The van der Waals surface area contributed by atoms with Crippen LogP contribution in [-0.2, 0) is 6.54 Å². The number of hydrogen-bond donors (Lipinski definition) is 1. The van der Waals surface area contributed by atoms with E-state index in [2.05, 4.69) is 5.32 Å². The van der Waals surface area contributed by atoms with Crippen LogP contribution in [0.3, 0.4) is 0 Å². The molecule has 4 heteroatoms. The molecule has 25 heavy (non-hydrogen) atoms. The van der Waals surface area contributed by atoms with Crippen molar-refractivity contribution in [2.24, 2.45) is 0 Å². The van der Waals surface area contributed by atoms with Gasteiger partial charge in [0.1, 0.15) is 5.56 Å². The van der Waals surface area contributed by atoms with Crippen molar-refractivity contribution in [3.8, 4) is 0 Å². The number of pyridine rings is 1. The van der Waals surface area contributed by atoms with Gasteiger partial charge in [0.05, 0.1) is 6.54 Å². The van der Waals surface area contributed by atoms with Crippen LogP contribution < -0.4 is 10.9 Å². The first-order valence-electron chi connectivity index (χ1n) is 8.16. The van der Waals surface area contributed by atoms with Crippen molar-refractivity contribution < 1.29 is 4.79 Å². The van der Waals surface area contributed by atoms with E-state index in [1.807, 2.05) is 56.3 Å². The largest absolute Gasteiger partial charge is 0.322 e. The Hall–Kier alpha value is -3.14. The van der Waals surface area contributed by atoms with Gasteiger partial charge in [-0.25, -0.2) is 0 Å². The number of hydrogen-bond acceptors (Lipinski definition) is 2. The third kappa shape index (κ3) is 3.86. The zero-order valence-electron chi connectivity index (χ0n) is 14.3. The molecule has 0 spiro atoms. The van der Waals surface area contributed by atoms with Crippen LogP contribution in [0.1, 0.15) is 27.0 Å². The first kappa shape index (κ1) is 16.7. The second kappa shape index (κ2) is 7.18. The predicted molar refractivity (Wildman–Crippen MR) is 100 cm³/mol. The van der Waals surface area contributed by atoms with Crippen molar-refractivity contribution in [3.63, 3.8) is 0 Å². The molecule has 0 saturated heterocycles. The third-order valence-corrected chi connectivity index (χ3v) is 4.14. The van der Waals surface area contributed by atoms with Gasteiger partial charge in [0.2, 0.25) is 0 Å². The van der Waals surface area contributed by atoms with Crippen molar-refractivity contribution in [2.75, 3.05) is 5.32 Å². The first-order valence-corrected chi connectivity index (χ1v) is 8.16. The molecule has 0 aliphatic carbocycles. The molecule has 126 valence electrons. The Kier molecular flexibility index (Phi) is 4.80. The summed E-state index contributed by atoms with van der Waals surface area (Å²) in [6.07, 6.45) is 1.71. The average molecular weight is 332 g/mol. The van der Waals surface area contributed by atoms with Crippen molar-refractivity contribution in [3.05, 3.63) is 99.5 Å². The van der Waals surface area contributed by atoms with E-state index < -0.39 is 5.91 Å². The highest BCUT2D eigenvalue weighted by molar-refractivity contribution is 6.04. The normalized spacial score (nSPS) is 10.5. The minimum absolute atomic E-state index is 0.137. The van der Waals surface area contributed by atoms with Gasteiger partial charge in [-0.3, -0.25) is 9.59 Å². The molecule has 1 heterocycles. The molecule has 0 saturated carbocycles. The Labute approximate surface area is 146 Å². The predicted octanol–water partition coefficient (Wildman–Crippen LogP) is 3.77. The van der Waals surface area contributed by atoms with E-state index >= 15 is 0 Å². The summed E-state index contributed by atoms with van der Waals surface area (Å²) >= 11 is 0. The van der Waals surface area contributed by atoms with Crippen LogP contribution in [0.15, 0.2) is 71.7 Å². The van der Waals surface area contributed by atoms with Gasteiger partial charge in [-0.15, -0.1) is 0 Å². The molecule has 3 rings (SSSR count). The molecule has 0 unspecified atom stereocenters. The molecular formula is C21H20N2O2. The maximum Gasteiger partial charge on any atom is 0.263 e. The van der Waals surface area contributed by atoms with E-state index in [-0.39, 0.29) is 11.1 Å². The molecule has 0 fully saturated rings. The Balaban J connectivity index is 1.87. The van der Waals surface area contributed by atoms with Gasteiger partial charge < -0.3 is 9.88 Å². The fraction of sp³-hybridized carbons (Fsp3) is 0.143. The smallest absolute Gasteiger partial charge is 0.263 e. The van der Waals surface area contributed by atoms with E-state index in [9.17, 15) is 9.59 Å². The number of aryl methyl sites for hydroxylation is 2. The quantitative estimate of drug-likeness (QED) is 0.791. The summed E-state index contributed by atoms with van der Waals surface area (Å²) in [6.45, 7) is 4.40. The summed E-state index contributed by atoms with van der Waals surface area (Å²) in [6, 6.07) is 18.7. The van der Waals surface area contributed by atoms with E-state index in [0.29, 0.717) is 12.2 Å². The number of nitrogens with zero attached hydrogens (tertiary/aromatic N) is 1. The number of carbonyl (C=O) groups excluding carboxylic acids is 1. The lowest BCUT2D eigenvalue weighted by atomic mass is 10.1. The molecule has 0 atom stereocenters. The minimum Gasteiger partial charge on any atom is -0.322 e. The standard InChI is InChI=1S/C21H20N2O2/c1-15-7-5-10-18(13-15)22-20(24)19-11-6-12-23(21(19)25)14-17-9-4-3-8-16(17)2/h3-13H,14H2,1-2H3,(H,22,24). The van der Waals surface area contributed by atoms with E-state index in [0.717, 1.165) is 16.7 Å². The molecule has 0 bridgehead atoms. The maximum absolute atomic E-state index is 12.7. The number of amides is 1. The van der Waals surface area contributed by atoms with Crippen LogP contribution >= 0.6 is 0 Å².